The summed E-state index contributed by atoms with van der Waals surface area (Å²) in [6.07, 6.45) is -22.1. The average Bonchev–Trinajstić information content (AvgIpc) is 3.03. The van der Waals surface area contributed by atoms with E-state index in [0.717, 1.165) is 13.8 Å². The van der Waals surface area contributed by atoms with Gasteiger partial charge < -0.3 is 86.8 Å². The molecule has 21 nitrogen and oxygen atoms in total. The Bertz CT molecular complexity index is 1140. The third-order valence-electron chi connectivity index (χ3n) is 8.52. The van der Waals surface area contributed by atoms with Gasteiger partial charge in [0.1, 0.15) is 67.1 Å². The lowest BCUT2D eigenvalue weighted by Crippen LogP contribution is -2.70. The van der Waals surface area contributed by atoms with Crippen LogP contribution in [0, 0.1) is 0 Å². The van der Waals surface area contributed by atoms with Gasteiger partial charge in [-0.25, -0.2) is 0 Å². The second-order valence-electron chi connectivity index (χ2n) is 12.3. The summed E-state index contributed by atoms with van der Waals surface area (Å²) in [6.45, 7) is 2.35. The number of aliphatic hydroxyl groups excluding tert-OH is 8. The maximum absolute atomic E-state index is 13.1. The smallest absolute Gasteiger partial charge is 0.249 e. The maximum atomic E-state index is 13.1. The second kappa shape index (κ2) is 18.0. The van der Waals surface area contributed by atoms with Crippen LogP contribution >= 0.6 is 0 Å². The van der Waals surface area contributed by atoms with Crippen LogP contribution in [0.5, 0.6) is 0 Å². The van der Waals surface area contributed by atoms with Gasteiger partial charge in [0.25, 0.3) is 0 Å². The molecule has 49 heavy (non-hydrogen) atoms. The molecule has 0 radical (unpaired) electrons. The van der Waals surface area contributed by atoms with Gasteiger partial charge in [0.15, 0.2) is 12.6 Å². The van der Waals surface area contributed by atoms with Crippen molar-refractivity contribution in [3.63, 3.8) is 0 Å². The molecule has 0 spiro atoms. The first kappa shape index (κ1) is 40.8. The Hall–Kier alpha value is -2.64. The molecule has 1 saturated carbocycles. The summed E-state index contributed by atoms with van der Waals surface area (Å²) in [5, 5.41) is 94.8. The highest BCUT2D eigenvalue weighted by molar-refractivity contribution is 5.81. The third-order valence-corrected chi connectivity index (χ3v) is 8.52. The van der Waals surface area contributed by atoms with Crippen LogP contribution in [-0.4, -0.2) is 182 Å². The van der Waals surface area contributed by atoms with Crippen molar-refractivity contribution in [1.29, 1.82) is 0 Å². The fraction of sp³-hybridized carbons (Fsp3) is 0.857. The van der Waals surface area contributed by atoms with Crippen LogP contribution in [0.3, 0.4) is 0 Å². The molecular weight excluding hydrogens is 662 g/mol. The molecule has 16 atom stereocenters. The zero-order valence-electron chi connectivity index (χ0n) is 27.2. The maximum Gasteiger partial charge on any atom is 0.249 e. The Morgan fingerprint density at radius 1 is 0.735 bits per heavy atom. The van der Waals surface area contributed by atoms with Gasteiger partial charge >= 0.3 is 0 Å². The van der Waals surface area contributed by atoms with Crippen molar-refractivity contribution in [3.8, 4) is 0 Å². The molecule has 1 aliphatic carbocycles. The van der Waals surface area contributed by atoms with Crippen molar-refractivity contribution in [2.24, 2.45) is 5.73 Å². The van der Waals surface area contributed by atoms with E-state index >= 15 is 0 Å². The first-order chi connectivity index (χ1) is 23.0. The summed E-state index contributed by atoms with van der Waals surface area (Å²) in [5.41, 5.74) is 5.62. The van der Waals surface area contributed by atoms with E-state index < -0.39 is 128 Å². The largest absolute Gasteiger partial charge is 0.394 e. The van der Waals surface area contributed by atoms with Crippen LogP contribution in [0.2, 0.25) is 0 Å². The van der Waals surface area contributed by atoms with Gasteiger partial charge in [-0.15, -0.1) is 0 Å². The first-order valence-corrected chi connectivity index (χ1v) is 15.8. The fourth-order valence-corrected chi connectivity index (χ4v) is 6.03. The number of carbonyl (C=O) groups is 4. The van der Waals surface area contributed by atoms with Gasteiger partial charge in [0.05, 0.1) is 24.7 Å². The number of amides is 4. The first-order valence-electron chi connectivity index (χ1n) is 15.8. The lowest BCUT2D eigenvalue weighted by Gasteiger charge is -2.49. The van der Waals surface area contributed by atoms with Crippen LogP contribution in [0.1, 0.15) is 33.6 Å². The Morgan fingerprint density at radius 2 is 1.29 bits per heavy atom. The molecule has 14 N–H and O–H groups in total. The highest BCUT2D eigenvalue weighted by Crippen LogP contribution is 2.33. The molecule has 2 aliphatic heterocycles. The molecule has 4 amide bonds. The number of nitrogens with one attached hydrogen (secondary N) is 4. The molecule has 3 fully saturated rings. The lowest BCUT2D eigenvalue weighted by molar-refractivity contribution is -0.334. The van der Waals surface area contributed by atoms with E-state index in [-0.39, 0.29) is 25.9 Å². The van der Waals surface area contributed by atoms with Crippen LogP contribution in [0.25, 0.3) is 0 Å². The highest BCUT2D eigenvalue weighted by atomic mass is 16.7. The summed E-state index contributed by atoms with van der Waals surface area (Å²) in [6, 6.07) is -3.91. The molecule has 282 valence electrons. The van der Waals surface area contributed by atoms with Crippen molar-refractivity contribution in [2.75, 3.05) is 19.7 Å². The molecule has 2 heterocycles. The summed E-state index contributed by atoms with van der Waals surface area (Å²) < 4.78 is 23.0. The molecule has 3 aliphatic rings. The Kier molecular flexibility index (Phi) is 15.0. The van der Waals surface area contributed by atoms with Crippen molar-refractivity contribution >= 4 is 23.6 Å². The predicted molar refractivity (Wildman–Crippen MR) is 160 cm³/mol. The zero-order valence-corrected chi connectivity index (χ0v) is 27.2. The summed E-state index contributed by atoms with van der Waals surface area (Å²) in [7, 11) is 0. The average molecular weight is 712 g/mol. The van der Waals surface area contributed by atoms with E-state index in [1.165, 1.54) is 6.92 Å². The van der Waals surface area contributed by atoms with E-state index in [2.05, 4.69) is 21.3 Å². The van der Waals surface area contributed by atoms with Crippen molar-refractivity contribution in [1.82, 2.24) is 21.3 Å². The quantitative estimate of drug-likeness (QED) is 0.0843. The molecule has 3 rings (SSSR count). The SMILES string of the molecule is CC(=O)NCC[C@H](O)C(=O)N[C@@H]1C[C@H](NC(C)=O)[C@@H](O[C@H]2O[C@H](CN)[C@@H](O)[C@H](O)[C@H]2O)[C@H](O)[C@H]1O[C@H]1O[C@H](CO)[C@@H](O)[C@H](NC(C)=O)[C@H]1O. The third kappa shape index (κ3) is 10.2. The van der Waals surface area contributed by atoms with Crippen molar-refractivity contribution in [2.45, 2.75) is 131 Å². The molecular formula is C28H49N5O16. The number of aliphatic hydroxyl groups is 8. The highest BCUT2D eigenvalue weighted by Gasteiger charge is 2.54. The number of hydrogen-bond donors (Lipinski definition) is 13. The monoisotopic (exact) mass is 711 g/mol. The standard InChI is InChI=1S/C28H49N5O16/c1-9(35)30-5-4-14(38)26(45)33-13-6-12(31-10(2)36)24(49-28-22(43)21(42)19(40)15(7-29)46-28)23(44)25(13)48-27-20(41)17(32-11(3)37)18(39)16(8-34)47-27/h12-25,27-28,34,38-44H,4-8,29H2,1-3H3,(H,30,35)(H,31,36)(H,32,37)(H,33,45)/t12-,13+,14-,15+,16+,17-,18+,19+,20+,21-,22+,23-,24+,25-,27+,28+/m0/s1. The van der Waals surface area contributed by atoms with Crippen LogP contribution in [-0.2, 0) is 38.1 Å². The molecule has 0 bridgehead atoms. The zero-order chi connectivity index (χ0) is 36.7. The number of rotatable bonds is 13. The Labute approximate surface area is 281 Å². The molecule has 0 aromatic carbocycles. The van der Waals surface area contributed by atoms with Gasteiger partial charge in [0.2, 0.25) is 23.6 Å². The van der Waals surface area contributed by atoms with Gasteiger partial charge in [-0.2, -0.15) is 0 Å². The molecule has 0 aromatic heterocycles. The predicted octanol–water partition coefficient (Wildman–Crippen LogP) is -7.89. The van der Waals surface area contributed by atoms with Gasteiger partial charge in [-0.1, -0.05) is 0 Å². The molecule has 0 unspecified atom stereocenters. The van der Waals surface area contributed by atoms with Crippen LogP contribution in [0.4, 0.5) is 0 Å². The lowest BCUT2D eigenvalue weighted by atomic mass is 9.82. The van der Waals surface area contributed by atoms with E-state index in [0.29, 0.717) is 0 Å². The number of carbonyl (C=O) groups excluding carboxylic acids is 4. The molecule has 2 saturated heterocycles. The molecule has 0 aromatic rings. The minimum Gasteiger partial charge on any atom is -0.394 e. The van der Waals surface area contributed by atoms with Gasteiger partial charge in [-0.3, -0.25) is 19.2 Å². The summed E-state index contributed by atoms with van der Waals surface area (Å²) in [4.78, 5) is 48.4. The molecule has 21 heteroatoms. The van der Waals surface area contributed by atoms with Crippen LogP contribution in [0.15, 0.2) is 0 Å². The Balaban J connectivity index is 1.97. The van der Waals surface area contributed by atoms with Crippen molar-refractivity contribution < 1.29 is 79.0 Å². The van der Waals surface area contributed by atoms with E-state index in [1.807, 2.05) is 0 Å². The van der Waals surface area contributed by atoms with E-state index in [9.17, 15) is 60.0 Å². The van der Waals surface area contributed by atoms with Gasteiger partial charge in [-0.05, 0) is 12.8 Å². The van der Waals surface area contributed by atoms with Crippen molar-refractivity contribution in [3.05, 3.63) is 0 Å². The van der Waals surface area contributed by atoms with Crippen LogP contribution < -0.4 is 27.0 Å². The second-order valence-corrected chi connectivity index (χ2v) is 12.3. The fourth-order valence-electron chi connectivity index (χ4n) is 6.03. The van der Waals surface area contributed by atoms with E-state index in [4.69, 9.17) is 24.7 Å². The minimum atomic E-state index is -1.90. The number of ether oxygens (including phenoxy) is 4. The van der Waals surface area contributed by atoms with E-state index in [1.54, 1.807) is 0 Å². The normalized spacial score (nSPS) is 40.1. The topological polar surface area (TPSA) is 341 Å². The number of nitrogens with two attached hydrogens (primary N) is 1. The summed E-state index contributed by atoms with van der Waals surface area (Å²) in [5.74, 6) is -2.65. The van der Waals surface area contributed by atoms with Gasteiger partial charge in [0, 0.05) is 33.9 Å². The summed E-state index contributed by atoms with van der Waals surface area (Å²) >= 11 is 0. The number of hydrogen-bond acceptors (Lipinski definition) is 17. The Morgan fingerprint density at radius 3 is 1.82 bits per heavy atom. The minimum absolute atomic E-state index is 0.0624.